The predicted molar refractivity (Wildman–Crippen MR) is 97.2 cm³/mol. The summed E-state index contributed by atoms with van der Waals surface area (Å²) in [4.78, 5) is 25.9. The van der Waals surface area contributed by atoms with Crippen LogP contribution in [0.2, 0.25) is 0 Å². The smallest absolute Gasteiger partial charge is 0.253 e. The molecule has 0 aliphatic heterocycles. The first-order chi connectivity index (χ1) is 12.4. The quantitative estimate of drug-likeness (QED) is 0.794. The van der Waals surface area contributed by atoms with Crippen LogP contribution in [-0.2, 0) is 4.79 Å². The normalized spacial score (nSPS) is 10.3. The minimum Gasteiger partial charge on any atom is -0.374 e. The van der Waals surface area contributed by atoms with E-state index in [0.29, 0.717) is 24.3 Å². The molecule has 2 N–H and O–H groups in total. The number of hydrogen-bond acceptors (Lipinski definition) is 3. The maximum absolute atomic E-state index is 13.5. The van der Waals surface area contributed by atoms with Gasteiger partial charge in [-0.1, -0.05) is 0 Å². The van der Waals surface area contributed by atoms with Gasteiger partial charge < -0.3 is 15.5 Å². The third-order valence-corrected chi connectivity index (χ3v) is 3.83. The molecular weight excluding hydrogens is 340 g/mol. The Morgan fingerprint density at radius 1 is 1.00 bits per heavy atom. The van der Waals surface area contributed by atoms with Gasteiger partial charge in [0, 0.05) is 24.3 Å². The molecule has 7 heteroatoms. The molecule has 0 unspecified atom stereocenters. The van der Waals surface area contributed by atoms with E-state index in [1.807, 2.05) is 13.8 Å². The number of hydrogen-bond donors (Lipinski definition) is 2. The Balaban J connectivity index is 1.93. The van der Waals surface area contributed by atoms with Gasteiger partial charge in [-0.2, -0.15) is 0 Å². The summed E-state index contributed by atoms with van der Waals surface area (Å²) in [6, 6.07) is 9.49. The van der Waals surface area contributed by atoms with Gasteiger partial charge in [-0.05, 0) is 56.3 Å². The number of halogens is 2. The molecule has 2 aromatic rings. The van der Waals surface area contributed by atoms with Crippen molar-refractivity contribution < 1.29 is 18.4 Å². The molecule has 0 spiro atoms. The van der Waals surface area contributed by atoms with Gasteiger partial charge in [0.1, 0.15) is 11.6 Å². The number of nitrogens with one attached hydrogen (secondary N) is 2. The topological polar surface area (TPSA) is 61.4 Å². The molecule has 2 rings (SSSR count). The van der Waals surface area contributed by atoms with Crippen LogP contribution in [0.15, 0.2) is 42.5 Å². The third-order valence-electron chi connectivity index (χ3n) is 3.83. The van der Waals surface area contributed by atoms with E-state index in [2.05, 4.69) is 10.6 Å². The predicted octanol–water partition coefficient (Wildman–Crippen LogP) is 3.50. The van der Waals surface area contributed by atoms with Crippen LogP contribution in [0.4, 0.5) is 20.2 Å². The second kappa shape index (κ2) is 8.94. The Morgan fingerprint density at radius 2 is 1.65 bits per heavy atom. The standard InChI is InChI=1S/C19H21F2N3O2/c1-3-24(4-2)19(26)13-5-8-15(9-6-13)23-18(25)12-22-17-11-14(20)7-10-16(17)21/h5-11,22H,3-4,12H2,1-2H3,(H,23,25). The largest absolute Gasteiger partial charge is 0.374 e. The molecule has 0 radical (unpaired) electrons. The summed E-state index contributed by atoms with van der Waals surface area (Å²) in [5.74, 6) is -1.73. The van der Waals surface area contributed by atoms with E-state index >= 15 is 0 Å². The number of amides is 2. The zero-order valence-corrected chi connectivity index (χ0v) is 14.7. The van der Waals surface area contributed by atoms with Crippen molar-refractivity contribution in [1.29, 1.82) is 0 Å². The fraction of sp³-hybridized carbons (Fsp3) is 0.263. The number of rotatable bonds is 7. The van der Waals surface area contributed by atoms with Crippen molar-refractivity contribution >= 4 is 23.2 Å². The molecule has 5 nitrogen and oxygen atoms in total. The highest BCUT2D eigenvalue weighted by Gasteiger charge is 2.12. The van der Waals surface area contributed by atoms with Gasteiger partial charge in [0.2, 0.25) is 5.91 Å². The Kier molecular flexibility index (Phi) is 6.66. The number of carbonyl (C=O) groups excluding carboxylic acids is 2. The summed E-state index contributed by atoms with van der Waals surface area (Å²) in [5.41, 5.74) is 0.958. The van der Waals surface area contributed by atoms with Crippen molar-refractivity contribution in [2.24, 2.45) is 0 Å². The van der Waals surface area contributed by atoms with Crippen LogP contribution in [0.1, 0.15) is 24.2 Å². The van der Waals surface area contributed by atoms with Crippen molar-refractivity contribution in [1.82, 2.24) is 4.90 Å². The van der Waals surface area contributed by atoms with Crippen molar-refractivity contribution in [3.05, 3.63) is 59.7 Å². The lowest BCUT2D eigenvalue weighted by molar-refractivity contribution is -0.114. The lowest BCUT2D eigenvalue weighted by Gasteiger charge is -2.18. The highest BCUT2D eigenvalue weighted by molar-refractivity contribution is 5.96. The fourth-order valence-electron chi connectivity index (χ4n) is 2.40. The van der Waals surface area contributed by atoms with Gasteiger partial charge in [-0.15, -0.1) is 0 Å². The first-order valence-corrected chi connectivity index (χ1v) is 8.32. The molecule has 0 heterocycles. The van der Waals surface area contributed by atoms with E-state index in [0.717, 1.165) is 18.2 Å². The van der Waals surface area contributed by atoms with Crippen molar-refractivity contribution in [2.75, 3.05) is 30.3 Å². The molecule has 138 valence electrons. The Labute approximate surface area is 151 Å². The summed E-state index contributed by atoms with van der Waals surface area (Å²) in [6.45, 7) is 4.83. The summed E-state index contributed by atoms with van der Waals surface area (Å²) in [6.07, 6.45) is 0. The van der Waals surface area contributed by atoms with Crippen LogP contribution in [-0.4, -0.2) is 36.3 Å². The summed E-state index contributed by atoms with van der Waals surface area (Å²) < 4.78 is 26.6. The summed E-state index contributed by atoms with van der Waals surface area (Å²) in [7, 11) is 0. The van der Waals surface area contributed by atoms with E-state index in [-0.39, 0.29) is 18.1 Å². The van der Waals surface area contributed by atoms with E-state index in [1.165, 1.54) is 0 Å². The zero-order valence-electron chi connectivity index (χ0n) is 14.7. The highest BCUT2D eigenvalue weighted by atomic mass is 19.1. The van der Waals surface area contributed by atoms with Gasteiger partial charge in [0.05, 0.1) is 12.2 Å². The minimum atomic E-state index is -0.640. The number of carbonyl (C=O) groups is 2. The van der Waals surface area contributed by atoms with E-state index in [4.69, 9.17) is 0 Å². The van der Waals surface area contributed by atoms with Crippen molar-refractivity contribution in [2.45, 2.75) is 13.8 Å². The van der Waals surface area contributed by atoms with Crippen molar-refractivity contribution in [3.63, 3.8) is 0 Å². The van der Waals surface area contributed by atoms with Crippen LogP contribution in [0, 0.1) is 11.6 Å². The van der Waals surface area contributed by atoms with Gasteiger partial charge in [0.25, 0.3) is 5.91 Å². The third kappa shape index (κ3) is 5.02. The molecule has 0 aliphatic carbocycles. The maximum Gasteiger partial charge on any atom is 0.253 e. The van der Waals surface area contributed by atoms with Crippen LogP contribution >= 0.6 is 0 Å². The second-order valence-electron chi connectivity index (χ2n) is 5.58. The molecule has 0 aromatic heterocycles. The van der Waals surface area contributed by atoms with Gasteiger partial charge in [-0.25, -0.2) is 8.78 Å². The molecular formula is C19H21F2N3O2. The van der Waals surface area contributed by atoms with E-state index in [1.54, 1.807) is 29.2 Å². The molecule has 0 bridgehead atoms. The Bertz CT molecular complexity index is 775. The minimum absolute atomic E-state index is 0.0730. The lowest BCUT2D eigenvalue weighted by atomic mass is 10.1. The van der Waals surface area contributed by atoms with E-state index < -0.39 is 17.5 Å². The summed E-state index contributed by atoms with van der Waals surface area (Å²) in [5, 5.41) is 5.17. The second-order valence-corrected chi connectivity index (χ2v) is 5.58. The van der Waals surface area contributed by atoms with Gasteiger partial charge >= 0.3 is 0 Å². The van der Waals surface area contributed by atoms with E-state index in [9.17, 15) is 18.4 Å². The molecule has 0 atom stereocenters. The molecule has 0 fully saturated rings. The highest BCUT2D eigenvalue weighted by Crippen LogP contribution is 2.15. The number of anilines is 2. The zero-order chi connectivity index (χ0) is 19.1. The molecule has 26 heavy (non-hydrogen) atoms. The maximum atomic E-state index is 13.5. The summed E-state index contributed by atoms with van der Waals surface area (Å²) >= 11 is 0. The average molecular weight is 361 g/mol. The Morgan fingerprint density at radius 3 is 2.27 bits per heavy atom. The van der Waals surface area contributed by atoms with Gasteiger partial charge in [0.15, 0.2) is 0 Å². The van der Waals surface area contributed by atoms with Crippen LogP contribution in [0.25, 0.3) is 0 Å². The average Bonchev–Trinajstić information content (AvgIpc) is 2.64. The molecule has 0 saturated carbocycles. The van der Waals surface area contributed by atoms with Crippen LogP contribution < -0.4 is 10.6 Å². The number of benzene rings is 2. The molecule has 0 aliphatic rings. The monoisotopic (exact) mass is 361 g/mol. The van der Waals surface area contributed by atoms with Gasteiger partial charge in [-0.3, -0.25) is 9.59 Å². The van der Waals surface area contributed by atoms with Crippen LogP contribution in [0.5, 0.6) is 0 Å². The fourth-order valence-corrected chi connectivity index (χ4v) is 2.40. The first kappa shape index (κ1) is 19.4. The lowest BCUT2D eigenvalue weighted by Crippen LogP contribution is -2.30. The molecule has 0 saturated heterocycles. The SMILES string of the molecule is CCN(CC)C(=O)c1ccc(NC(=O)CNc2cc(F)ccc2F)cc1. The molecule has 2 aromatic carbocycles. The first-order valence-electron chi connectivity index (χ1n) is 8.32. The molecule has 2 amide bonds. The Hall–Kier alpha value is -2.96. The number of nitrogens with zero attached hydrogens (tertiary/aromatic N) is 1. The van der Waals surface area contributed by atoms with Crippen LogP contribution in [0.3, 0.4) is 0 Å². The van der Waals surface area contributed by atoms with Crippen molar-refractivity contribution in [3.8, 4) is 0 Å².